The van der Waals surface area contributed by atoms with Crippen LogP contribution in [0.5, 0.6) is 0 Å². The van der Waals surface area contributed by atoms with E-state index in [4.69, 9.17) is 14.2 Å². The molecule has 1 heterocycles. The van der Waals surface area contributed by atoms with Crippen molar-refractivity contribution >= 4 is 12.1 Å². The van der Waals surface area contributed by atoms with Crippen molar-refractivity contribution in [3.63, 3.8) is 0 Å². The zero-order valence-electron chi connectivity index (χ0n) is 14.7. The fraction of sp³-hybridized carbons (Fsp3) is 0.556. The van der Waals surface area contributed by atoms with E-state index < -0.39 is 17.8 Å². The normalized spacial score (nSPS) is 20.8. The molecule has 0 bridgehead atoms. The zero-order valence-corrected chi connectivity index (χ0v) is 14.7. The summed E-state index contributed by atoms with van der Waals surface area (Å²) in [4.78, 5) is 25.7. The molecule has 6 nitrogen and oxygen atoms in total. The first-order valence-electron chi connectivity index (χ1n) is 8.02. The first kappa shape index (κ1) is 18.3. The Hall–Kier alpha value is -2.08. The molecule has 0 aromatic heterocycles. The quantitative estimate of drug-likeness (QED) is 0.792. The van der Waals surface area contributed by atoms with Gasteiger partial charge >= 0.3 is 12.1 Å². The van der Waals surface area contributed by atoms with Gasteiger partial charge in [0, 0.05) is 0 Å². The summed E-state index contributed by atoms with van der Waals surface area (Å²) in [5.74, 6) is -0.357. The average Bonchev–Trinajstić information content (AvgIpc) is 2.89. The van der Waals surface area contributed by atoms with Crippen LogP contribution in [0.3, 0.4) is 0 Å². The third-order valence-electron chi connectivity index (χ3n) is 3.77. The van der Waals surface area contributed by atoms with Gasteiger partial charge in [-0.05, 0) is 32.8 Å². The summed E-state index contributed by atoms with van der Waals surface area (Å²) in [6.07, 6.45) is -0.157. The van der Waals surface area contributed by atoms with Crippen molar-refractivity contribution < 1.29 is 23.8 Å². The van der Waals surface area contributed by atoms with Gasteiger partial charge in [0.1, 0.15) is 12.3 Å². The first-order chi connectivity index (χ1) is 11.3. The zero-order chi connectivity index (χ0) is 17.7. The van der Waals surface area contributed by atoms with Crippen LogP contribution in [-0.2, 0) is 25.4 Å². The average molecular weight is 335 g/mol. The molecule has 1 aliphatic rings. The third kappa shape index (κ3) is 4.96. The molecule has 0 aliphatic carbocycles. The van der Waals surface area contributed by atoms with E-state index in [1.165, 1.54) is 7.11 Å². The van der Waals surface area contributed by atoms with Crippen LogP contribution in [0.15, 0.2) is 30.3 Å². The van der Waals surface area contributed by atoms with Gasteiger partial charge in [-0.3, -0.25) is 9.69 Å². The molecule has 0 saturated carbocycles. The molecule has 2 rings (SSSR count). The Bertz CT molecular complexity index is 567. The maximum Gasteiger partial charge on any atom is 0.412 e. The van der Waals surface area contributed by atoms with Crippen molar-refractivity contribution in [3.05, 3.63) is 35.9 Å². The SMILES string of the molecule is COC(=O)C[C@@H]1OCN(C(=O)OC(C)(C)C)[C@H]1Cc1ccccc1. The van der Waals surface area contributed by atoms with Crippen molar-refractivity contribution in [2.24, 2.45) is 0 Å². The number of methoxy groups -OCH3 is 1. The monoisotopic (exact) mass is 335 g/mol. The van der Waals surface area contributed by atoms with Crippen LogP contribution in [0.1, 0.15) is 32.8 Å². The van der Waals surface area contributed by atoms with Crippen LogP contribution in [0.25, 0.3) is 0 Å². The molecule has 1 fully saturated rings. The van der Waals surface area contributed by atoms with Gasteiger partial charge in [0.15, 0.2) is 0 Å². The number of carbonyl (C=O) groups excluding carboxylic acids is 2. The van der Waals surface area contributed by atoms with Gasteiger partial charge in [-0.1, -0.05) is 30.3 Å². The second-order valence-electron chi connectivity index (χ2n) is 6.82. The fourth-order valence-corrected chi connectivity index (χ4v) is 2.63. The molecule has 0 spiro atoms. The number of hydrogen-bond donors (Lipinski definition) is 0. The lowest BCUT2D eigenvalue weighted by Gasteiger charge is -2.28. The van der Waals surface area contributed by atoms with E-state index in [1.807, 2.05) is 51.1 Å². The smallest absolute Gasteiger partial charge is 0.412 e. The lowest BCUT2D eigenvalue weighted by Crippen LogP contribution is -2.44. The molecule has 1 aliphatic heterocycles. The topological polar surface area (TPSA) is 65.1 Å². The van der Waals surface area contributed by atoms with Crippen LogP contribution in [0, 0.1) is 0 Å². The van der Waals surface area contributed by atoms with Crippen molar-refractivity contribution in [1.82, 2.24) is 4.90 Å². The predicted molar refractivity (Wildman–Crippen MR) is 88.4 cm³/mol. The number of ether oxygens (including phenoxy) is 3. The third-order valence-corrected chi connectivity index (χ3v) is 3.77. The predicted octanol–water partition coefficient (Wildman–Crippen LogP) is 2.75. The largest absolute Gasteiger partial charge is 0.469 e. The van der Waals surface area contributed by atoms with Crippen LogP contribution < -0.4 is 0 Å². The molecule has 0 unspecified atom stereocenters. The minimum Gasteiger partial charge on any atom is -0.469 e. The van der Waals surface area contributed by atoms with Gasteiger partial charge < -0.3 is 14.2 Å². The Labute approximate surface area is 142 Å². The summed E-state index contributed by atoms with van der Waals surface area (Å²) >= 11 is 0. The number of benzene rings is 1. The van der Waals surface area contributed by atoms with E-state index in [0.717, 1.165) is 5.56 Å². The minimum absolute atomic E-state index is 0.104. The van der Waals surface area contributed by atoms with Gasteiger partial charge in [0.2, 0.25) is 0 Å². The molecule has 1 aromatic rings. The summed E-state index contributed by atoms with van der Waals surface area (Å²) in [5.41, 5.74) is 0.478. The summed E-state index contributed by atoms with van der Waals surface area (Å²) in [6, 6.07) is 9.52. The highest BCUT2D eigenvalue weighted by molar-refractivity contribution is 5.71. The molecule has 132 valence electrons. The van der Waals surface area contributed by atoms with E-state index in [-0.39, 0.29) is 25.2 Å². The van der Waals surface area contributed by atoms with Gasteiger partial charge in [-0.15, -0.1) is 0 Å². The van der Waals surface area contributed by atoms with E-state index in [2.05, 4.69) is 0 Å². The summed E-state index contributed by atoms with van der Waals surface area (Å²) in [5, 5.41) is 0. The van der Waals surface area contributed by atoms with Gasteiger partial charge in [0.05, 0.1) is 25.7 Å². The Morgan fingerprint density at radius 1 is 1.25 bits per heavy atom. The maximum absolute atomic E-state index is 12.5. The molecule has 0 radical (unpaired) electrons. The number of hydrogen-bond acceptors (Lipinski definition) is 5. The van der Waals surface area contributed by atoms with E-state index >= 15 is 0 Å². The summed E-state index contributed by atoms with van der Waals surface area (Å²) in [6.45, 7) is 5.56. The van der Waals surface area contributed by atoms with Gasteiger partial charge in [0.25, 0.3) is 0 Å². The number of nitrogens with zero attached hydrogens (tertiary/aromatic N) is 1. The molecule has 0 N–H and O–H groups in total. The highest BCUT2D eigenvalue weighted by Crippen LogP contribution is 2.26. The first-order valence-corrected chi connectivity index (χ1v) is 8.02. The van der Waals surface area contributed by atoms with Crippen LogP contribution in [0.4, 0.5) is 4.79 Å². The fourth-order valence-electron chi connectivity index (χ4n) is 2.63. The van der Waals surface area contributed by atoms with Crippen molar-refractivity contribution in [1.29, 1.82) is 0 Å². The second kappa shape index (κ2) is 7.66. The highest BCUT2D eigenvalue weighted by atomic mass is 16.6. The van der Waals surface area contributed by atoms with Crippen LogP contribution >= 0.6 is 0 Å². The summed E-state index contributed by atoms with van der Waals surface area (Å²) < 4.78 is 15.9. The van der Waals surface area contributed by atoms with E-state index in [9.17, 15) is 9.59 Å². The van der Waals surface area contributed by atoms with Crippen molar-refractivity contribution in [2.75, 3.05) is 13.8 Å². The Kier molecular flexibility index (Phi) is 5.83. The summed E-state index contributed by atoms with van der Waals surface area (Å²) in [7, 11) is 1.34. The van der Waals surface area contributed by atoms with Crippen LogP contribution in [0.2, 0.25) is 0 Å². The molecule has 6 heteroatoms. The second-order valence-corrected chi connectivity index (χ2v) is 6.82. The number of rotatable bonds is 4. The lowest BCUT2D eigenvalue weighted by atomic mass is 9.99. The van der Waals surface area contributed by atoms with Gasteiger partial charge in [-0.2, -0.15) is 0 Å². The van der Waals surface area contributed by atoms with E-state index in [1.54, 1.807) is 4.90 Å². The number of amides is 1. The van der Waals surface area contributed by atoms with Gasteiger partial charge in [-0.25, -0.2) is 4.79 Å². The minimum atomic E-state index is -0.588. The van der Waals surface area contributed by atoms with E-state index in [0.29, 0.717) is 6.42 Å². The molecule has 1 aromatic carbocycles. The molecule has 24 heavy (non-hydrogen) atoms. The molecule has 1 saturated heterocycles. The standard InChI is InChI=1S/C18H25NO5/c1-18(2,3)24-17(21)19-12-23-15(11-16(20)22-4)14(19)10-13-8-6-5-7-9-13/h5-9,14-15H,10-12H2,1-4H3/t14-,15-/m0/s1. The number of esters is 1. The van der Waals surface area contributed by atoms with Crippen molar-refractivity contribution in [3.8, 4) is 0 Å². The molecule has 1 amide bonds. The Morgan fingerprint density at radius 3 is 2.50 bits per heavy atom. The Balaban J connectivity index is 2.16. The lowest BCUT2D eigenvalue weighted by molar-refractivity contribution is -0.143. The maximum atomic E-state index is 12.5. The highest BCUT2D eigenvalue weighted by Gasteiger charge is 2.41. The van der Waals surface area contributed by atoms with Crippen LogP contribution in [-0.4, -0.2) is 48.5 Å². The molecule has 2 atom stereocenters. The number of carbonyl (C=O) groups is 2. The molecular formula is C18H25NO5. The van der Waals surface area contributed by atoms with Crippen molar-refractivity contribution in [2.45, 2.75) is 51.4 Å². The Morgan fingerprint density at radius 2 is 1.92 bits per heavy atom. The molecular weight excluding hydrogens is 310 g/mol.